The van der Waals surface area contributed by atoms with Gasteiger partial charge in [-0.05, 0) is 37.1 Å². The molecule has 0 N–H and O–H groups in total. The number of carbonyl (C=O) groups is 1. The first-order chi connectivity index (χ1) is 12.7. The Balaban J connectivity index is 1.81. The average molecular weight is 393 g/mol. The largest absolute Gasteiger partial charge is 0.459 e. The number of hydrogen-bond donors (Lipinski definition) is 0. The van der Waals surface area contributed by atoms with E-state index in [2.05, 4.69) is 0 Å². The van der Waals surface area contributed by atoms with Gasteiger partial charge in [0, 0.05) is 38.3 Å². The van der Waals surface area contributed by atoms with Gasteiger partial charge >= 0.3 is 0 Å². The zero-order valence-corrected chi connectivity index (χ0v) is 15.7. The molecule has 1 saturated heterocycles. The number of benzene rings is 1. The van der Waals surface area contributed by atoms with Crippen LogP contribution in [-0.4, -0.2) is 54.6 Å². The summed E-state index contributed by atoms with van der Waals surface area (Å²) in [6.45, 7) is 3.91. The fourth-order valence-electron chi connectivity index (χ4n) is 3.01. The van der Waals surface area contributed by atoms with Crippen LogP contribution in [0.1, 0.15) is 21.7 Å². The number of non-ortho nitro benzene ring substituents is 1. The molecule has 0 radical (unpaired) electrons. The Bertz CT molecular complexity index is 976. The third-order valence-electron chi connectivity index (χ3n) is 4.69. The maximum atomic E-state index is 13.0. The molecule has 144 valence electrons. The molecule has 9 nitrogen and oxygen atoms in total. The molecule has 1 aliphatic rings. The molecule has 3 rings (SSSR count). The number of hydrogen-bond acceptors (Lipinski definition) is 6. The van der Waals surface area contributed by atoms with E-state index in [9.17, 15) is 23.3 Å². The van der Waals surface area contributed by atoms with Gasteiger partial charge in [-0.2, -0.15) is 4.31 Å². The molecule has 0 unspecified atom stereocenters. The van der Waals surface area contributed by atoms with Crippen LogP contribution in [0.3, 0.4) is 0 Å². The summed E-state index contributed by atoms with van der Waals surface area (Å²) in [5.41, 5.74) is 0.757. The number of nitro benzene ring substituents is 1. The van der Waals surface area contributed by atoms with Crippen LogP contribution in [0.4, 0.5) is 5.69 Å². The average Bonchev–Trinajstić information content (AvgIpc) is 3.17. The van der Waals surface area contributed by atoms with E-state index >= 15 is 0 Å². The zero-order chi connectivity index (χ0) is 19.8. The van der Waals surface area contributed by atoms with Gasteiger partial charge in [0.2, 0.25) is 10.0 Å². The van der Waals surface area contributed by atoms with Crippen molar-refractivity contribution in [3.63, 3.8) is 0 Å². The summed E-state index contributed by atoms with van der Waals surface area (Å²) >= 11 is 0. The molecular formula is C17H19N3O6S. The van der Waals surface area contributed by atoms with Crippen LogP contribution in [0, 0.1) is 24.0 Å². The molecule has 10 heteroatoms. The number of rotatable bonds is 4. The van der Waals surface area contributed by atoms with Gasteiger partial charge < -0.3 is 9.32 Å². The third-order valence-corrected chi connectivity index (χ3v) is 6.72. The molecule has 2 aromatic rings. The minimum atomic E-state index is -3.91. The van der Waals surface area contributed by atoms with Crippen LogP contribution in [-0.2, 0) is 10.0 Å². The first-order valence-electron chi connectivity index (χ1n) is 8.30. The summed E-state index contributed by atoms with van der Waals surface area (Å²) in [6.07, 6.45) is 1.40. The van der Waals surface area contributed by atoms with Crippen molar-refractivity contribution in [1.82, 2.24) is 9.21 Å². The first kappa shape index (κ1) is 19.1. The highest BCUT2D eigenvalue weighted by molar-refractivity contribution is 7.89. The Labute approximate surface area is 156 Å². The molecule has 1 fully saturated rings. The lowest BCUT2D eigenvalue weighted by Crippen LogP contribution is -2.50. The highest BCUT2D eigenvalue weighted by Crippen LogP contribution is 2.28. The van der Waals surface area contributed by atoms with Crippen LogP contribution < -0.4 is 0 Å². The maximum Gasteiger partial charge on any atom is 0.289 e. The van der Waals surface area contributed by atoms with Crippen molar-refractivity contribution in [3.05, 3.63) is 57.5 Å². The molecule has 1 aromatic carbocycles. The fraction of sp³-hybridized carbons (Fsp3) is 0.353. The van der Waals surface area contributed by atoms with Crippen molar-refractivity contribution >= 4 is 21.6 Å². The summed E-state index contributed by atoms with van der Waals surface area (Å²) in [7, 11) is -3.91. The van der Waals surface area contributed by atoms with E-state index in [1.807, 2.05) is 0 Å². The van der Waals surface area contributed by atoms with Crippen molar-refractivity contribution < 1.29 is 22.6 Å². The fourth-order valence-corrected chi connectivity index (χ4v) is 4.75. The van der Waals surface area contributed by atoms with Gasteiger partial charge in [0.1, 0.15) is 0 Å². The number of furan rings is 1. The topological polar surface area (TPSA) is 114 Å². The van der Waals surface area contributed by atoms with Crippen molar-refractivity contribution in [2.45, 2.75) is 18.7 Å². The highest BCUT2D eigenvalue weighted by Gasteiger charge is 2.33. The molecule has 27 heavy (non-hydrogen) atoms. The summed E-state index contributed by atoms with van der Waals surface area (Å²) in [5, 5.41) is 11.1. The molecule has 2 heterocycles. The van der Waals surface area contributed by atoms with Crippen LogP contribution in [0.25, 0.3) is 0 Å². The lowest BCUT2D eigenvalue weighted by Gasteiger charge is -2.33. The number of nitrogens with zero attached hydrogens (tertiary/aromatic N) is 3. The molecule has 0 saturated carbocycles. The summed E-state index contributed by atoms with van der Waals surface area (Å²) in [4.78, 5) is 24.2. The SMILES string of the molecule is Cc1cc([N+](=O)[O-])cc(S(=O)(=O)N2CCN(C(=O)c3ccco3)CC2)c1C. The Morgan fingerprint density at radius 2 is 1.85 bits per heavy atom. The number of aryl methyl sites for hydroxylation is 1. The van der Waals surface area contributed by atoms with E-state index < -0.39 is 14.9 Å². The molecule has 0 spiro atoms. The van der Waals surface area contributed by atoms with Gasteiger partial charge in [-0.15, -0.1) is 0 Å². The van der Waals surface area contributed by atoms with E-state index in [0.29, 0.717) is 11.1 Å². The Morgan fingerprint density at radius 3 is 2.41 bits per heavy atom. The maximum absolute atomic E-state index is 13.0. The van der Waals surface area contributed by atoms with Gasteiger partial charge in [-0.3, -0.25) is 14.9 Å². The minimum absolute atomic E-state index is 0.0694. The minimum Gasteiger partial charge on any atom is -0.459 e. The molecule has 1 aliphatic heterocycles. The van der Waals surface area contributed by atoms with Crippen LogP contribution in [0.2, 0.25) is 0 Å². The van der Waals surface area contributed by atoms with E-state index in [1.54, 1.807) is 26.0 Å². The molecule has 0 bridgehead atoms. The predicted octanol–water partition coefficient (Wildman–Crippen LogP) is 1.95. The van der Waals surface area contributed by atoms with Crippen molar-refractivity contribution in [1.29, 1.82) is 0 Å². The summed E-state index contributed by atoms with van der Waals surface area (Å²) in [5.74, 6) is -0.0871. The van der Waals surface area contributed by atoms with E-state index in [0.717, 1.165) is 6.07 Å². The molecule has 1 amide bonds. The molecule has 0 aliphatic carbocycles. The van der Waals surface area contributed by atoms with Crippen molar-refractivity contribution in [2.75, 3.05) is 26.2 Å². The molecular weight excluding hydrogens is 374 g/mol. The monoisotopic (exact) mass is 393 g/mol. The van der Waals surface area contributed by atoms with Gasteiger partial charge in [0.05, 0.1) is 16.1 Å². The van der Waals surface area contributed by atoms with Gasteiger partial charge in [-0.25, -0.2) is 8.42 Å². The second kappa shape index (κ2) is 7.12. The smallest absolute Gasteiger partial charge is 0.289 e. The van der Waals surface area contributed by atoms with Gasteiger partial charge in [0.25, 0.3) is 11.6 Å². The number of sulfonamides is 1. The number of piperazine rings is 1. The number of carbonyl (C=O) groups excluding carboxylic acids is 1. The predicted molar refractivity (Wildman–Crippen MR) is 95.9 cm³/mol. The van der Waals surface area contributed by atoms with E-state index in [-0.39, 0.29) is 48.4 Å². The number of amides is 1. The normalized spacial score (nSPS) is 15.7. The standard InChI is InChI=1S/C17H19N3O6S/c1-12-10-14(20(22)23)11-16(13(12)2)27(24,25)19-7-5-18(6-8-19)17(21)15-4-3-9-26-15/h3-4,9-11H,5-8H2,1-2H3. The van der Waals surface area contributed by atoms with E-state index in [1.165, 1.54) is 21.5 Å². The van der Waals surface area contributed by atoms with Gasteiger partial charge in [-0.1, -0.05) is 0 Å². The Kier molecular flexibility index (Phi) is 5.03. The molecule has 0 atom stereocenters. The third kappa shape index (κ3) is 3.58. The van der Waals surface area contributed by atoms with E-state index in [4.69, 9.17) is 4.42 Å². The quantitative estimate of drug-likeness (QED) is 0.579. The second-order valence-corrected chi connectivity index (χ2v) is 8.22. The highest BCUT2D eigenvalue weighted by atomic mass is 32.2. The summed E-state index contributed by atoms with van der Waals surface area (Å²) < 4.78 is 32.4. The lowest BCUT2D eigenvalue weighted by atomic mass is 10.1. The zero-order valence-electron chi connectivity index (χ0n) is 14.9. The van der Waals surface area contributed by atoms with Crippen LogP contribution in [0.5, 0.6) is 0 Å². The Morgan fingerprint density at radius 1 is 1.19 bits per heavy atom. The van der Waals surface area contributed by atoms with Crippen molar-refractivity contribution in [3.8, 4) is 0 Å². The van der Waals surface area contributed by atoms with Gasteiger partial charge in [0.15, 0.2) is 5.76 Å². The number of nitro groups is 1. The Hall–Kier alpha value is -2.72. The first-order valence-corrected chi connectivity index (χ1v) is 9.74. The second-order valence-electron chi connectivity index (χ2n) is 6.32. The van der Waals surface area contributed by atoms with Crippen LogP contribution >= 0.6 is 0 Å². The molecule has 1 aromatic heterocycles. The lowest BCUT2D eigenvalue weighted by molar-refractivity contribution is -0.385. The summed E-state index contributed by atoms with van der Waals surface area (Å²) in [6, 6.07) is 5.62. The van der Waals surface area contributed by atoms with Crippen LogP contribution in [0.15, 0.2) is 39.8 Å². The van der Waals surface area contributed by atoms with Crippen molar-refractivity contribution in [2.24, 2.45) is 0 Å².